The second-order valence-electron chi connectivity index (χ2n) is 6.68. The summed E-state index contributed by atoms with van der Waals surface area (Å²) >= 11 is 1.24. The smallest absolute Gasteiger partial charge is 0.320 e. The van der Waals surface area contributed by atoms with E-state index in [0.29, 0.717) is 38.4 Å². The van der Waals surface area contributed by atoms with E-state index in [2.05, 4.69) is 20.4 Å². The third-order valence-electron chi connectivity index (χ3n) is 4.80. The van der Waals surface area contributed by atoms with E-state index < -0.39 is 0 Å². The molecule has 156 valence electrons. The zero-order valence-electron chi connectivity index (χ0n) is 16.6. The predicted molar refractivity (Wildman–Crippen MR) is 109 cm³/mol. The van der Waals surface area contributed by atoms with Crippen molar-refractivity contribution >= 4 is 29.0 Å². The quantitative estimate of drug-likeness (QED) is 0.777. The van der Waals surface area contributed by atoms with E-state index in [-0.39, 0.29) is 22.8 Å². The Morgan fingerprint density at radius 3 is 2.38 bits per heavy atom. The molecule has 1 saturated heterocycles. The minimum atomic E-state index is -0.366. The average Bonchev–Trinajstić information content (AvgIpc) is 3.20. The molecule has 1 N–H and O–H groups in total. The van der Waals surface area contributed by atoms with Crippen LogP contribution in [0.5, 0.6) is 0 Å². The fraction of sp³-hybridized carbons (Fsp3) is 0.474. The molecule has 0 unspecified atom stereocenters. The van der Waals surface area contributed by atoms with Crippen molar-refractivity contribution in [3.8, 4) is 0 Å². The van der Waals surface area contributed by atoms with Gasteiger partial charge in [0.25, 0.3) is 5.91 Å². The zero-order valence-corrected chi connectivity index (χ0v) is 17.4. The number of piperazine rings is 1. The highest BCUT2D eigenvalue weighted by Crippen LogP contribution is 2.16. The Balaban J connectivity index is 1.50. The van der Waals surface area contributed by atoms with Crippen LogP contribution in [0, 0.1) is 5.82 Å². The van der Waals surface area contributed by atoms with Crippen LogP contribution in [-0.4, -0.2) is 76.1 Å². The largest absolute Gasteiger partial charge is 0.325 e. The summed E-state index contributed by atoms with van der Waals surface area (Å²) in [6.45, 7) is 8.83. The molecule has 3 amide bonds. The molecule has 0 radical (unpaired) electrons. The lowest BCUT2D eigenvalue weighted by atomic mass is 10.3. The lowest BCUT2D eigenvalue weighted by Crippen LogP contribution is -2.52. The lowest BCUT2D eigenvalue weighted by molar-refractivity contribution is 0.102. The molecule has 2 aromatic rings. The summed E-state index contributed by atoms with van der Waals surface area (Å²) < 4.78 is 13.0. The number of nitrogens with one attached hydrogen (secondary N) is 1. The molecular formula is C19H25FN6O2S. The number of nitrogens with zero attached hydrogens (tertiary/aromatic N) is 5. The van der Waals surface area contributed by atoms with Gasteiger partial charge < -0.3 is 15.1 Å². The number of halogens is 1. The molecule has 0 aliphatic carbocycles. The number of carbonyl (C=O) groups excluding carboxylic acids is 2. The molecule has 29 heavy (non-hydrogen) atoms. The number of anilines is 1. The summed E-state index contributed by atoms with van der Waals surface area (Å²) in [6, 6.07) is 5.64. The maximum atomic E-state index is 13.0. The van der Waals surface area contributed by atoms with Crippen molar-refractivity contribution in [1.82, 2.24) is 24.9 Å². The van der Waals surface area contributed by atoms with Crippen LogP contribution in [0.15, 0.2) is 24.3 Å². The molecule has 10 heteroatoms. The molecule has 1 aliphatic heterocycles. The standard InChI is InChI=1S/C19H25FN6O2S/c1-3-25(4-2)19(28)26-11-9-24(10-12-26)13-16-22-23-18(29-16)17(27)21-15-7-5-14(20)6-8-15/h5-8H,3-4,9-13H2,1-2H3,(H,21,27). The first-order valence-electron chi connectivity index (χ1n) is 9.65. The number of aromatic nitrogens is 2. The molecule has 1 aromatic carbocycles. The Morgan fingerprint density at radius 1 is 1.10 bits per heavy atom. The van der Waals surface area contributed by atoms with Gasteiger partial charge in [0.1, 0.15) is 10.8 Å². The van der Waals surface area contributed by atoms with E-state index in [0.717, 1.165) is 18.1 Å². The molecule has 1 aromatic heterocycles. The second kappa shape index (κ2) is 9.75. The van der Waals surface area contributed by atoms with Crippen LogP contribution >= 0.6 is 11.3 Å². The fourth-order valence-corrected chi connectivity index (χ4v) is 3.89. The Labute approximate surface area is 173 Å². The van der Waals surface area contributed by atoms with Crippen LogP contribution in [0.3, 0.4) is 0 Å². The number of urea groups is 1. The van der Waals surface area contributed by atoms with Crippen LogP contribution in [0.2, 0.25) is 0 Å². The molecular weight excluding hydrogens is 395 g/mol. The van der Waals surface area contributed by atoms with E-state index in [1.54, 1.807) is 0 Å². The predicted octanol–water partition coefficient (Wildman–Crippen LogP) is 2.51. The van der Waals surface area contributed by atoms with Crippen LogP contribution in [0.4, 0.5) is 14.9 Å². The van der Waals surface area contributed by atoms with E-state index in [1.165, 1.54) is 35.6 Å². The van der Waals surface area contributed by atoms with E-state index >= 15 is 0 Å². The van der Waals surface area contributed by atoms with Crippen LogP contribution in [0.1, 0.15) is 28.7 Å². The molecule has 0 atom stereocenters. The van der Waals surface area contributed by atoms with Gasteiger partial charge >= 0.3 is 6.03 Å². The minimum Gasteiger partial charge on any atom is -0.325 e. The first-order chi connectivity index (χ1) is 14.0. The van der Waals surface area contributed by atoms with Gasteiger partial charge in [-0.25, -0.2) is 9.18 Å². The van der Waals surface area contributed by atoms with Gasteiger partial charge in [0.05, 0.1) is 6.54 Å². The molecule has 1 fully saturated rings. The van der Waals surface area contributed by atoms with E-state index in [9.17, 15) is 14.0 Å². The number of rotatable bonds is 6. The first kappa shape index (κ1) is 21.1. The molecule has 0 bridgehead atoms. The van der Waals surface area contributed by atoms with Crippen LogP contribution in [0.25, 0.3) is 0 Å². The van der Waals surface area contributed by atoms with Crippen molar-refractivity contribution in [2.75, 3.05) is 44.6 Å². The number of carbonyl (C=O) groups is 2. The van der Waals surface area contributed by atoms with Gasteiger partial charge in [-0.3, -0.25) is 9.69 Å². The summed E-state index contributed by atoms with van der Waals surface area (Å²) in [5, 5.41) is 11.8. The highest BCUT2D eigenvalue weighted by atomic mass is 32.1. The third-order valence-corrected chi connectivity index (χ3v) is 5.71. The Bertz CT molecular complexity index is 831. The van der Waals surface area contributed by atoms with Crippen molar-refractivity contribution in [3.05, 3.63) is 40.1 Å². The number of hydrogen-bond acceptors (Lipinski definition) is 6. The van der Waals surface area contributed by atoms with Crippen molar-refractivity contribution in [1.29, 1.82) is 0 Å². The third kappa shape index (κ3) is 5.48. The van der Waals surface area contributed by atoms with Crippen LogP contribution in [-0.2, 0) is 6.54 Å². The molecule has 3 rings (SSSR count). The summed E-state index contributed by atoms with van der Waals surface area (Å²) in [5.41, 5.74) is 0.502. The van der Waals surface area contributed by atoms with E-state index in [4.69, 9.17) is 0 Å². The Hall–Kier alpha value is -2.59. The second-order valence-corrected chi connectivity index (χ2v) is 7.74. The van der Waals surface area contributed by atoms with Crippen molar-refractivity contribution in [3.63, 3.8) is 0 Å². The number of amides is 3. The van der Waals surface area contributed by atoms with Crippen molar-refractivity contribution in [2.45, 2.75) is 20.4 Å². The lowest BCUT2D eigenvalue weighted by Gasteiger charge is -2.36. The van der Waals surface area contributed by atoms with Gasteiger partial charge in [0.15, 0.2) is 0 Å². The number of hydrogen-bond donors (Lipinski definition) is 1. The fourth-order valence-electron chi connectivity index (χ4n) is 3.11. The number of benzene rings is 1. The molecule has 8 nitrogen and oxygen atoms in total. The maximum absolute atomic E-state index is 13.0. The summed E-state index contributed by atoms with van der Waals surface area (Å²) in [6.07, 6.45) is 0. The highest BCUT2D eigenvalue weighted by Gasteiger charge is 2.24. The zero-order chi connectivity index (χ0) is 20.8. The average molecular weight is 421 g/mol. The summed E-state index contributed by atoms with van der Waals surface area (Å²) in [4.78, 5) is 30.6. The Morgan fingerprint density at radius 2 is 1.76 bits per heavy atom. The van der Waals surface area contributed by atoms with Gasteiger partial charge in [-0.15, -0.1) is 10.2 Å². The van der Waals surface area contributed by atoms with Gasteiger partial charge in [-0.1, -0.05) is 11.3 Å². The Kier molecular flexibility index (Phi) is 7.10. The van der Waals surface area contributed by atoms with Gasteiger partial charge in [0.2, 0.25) is 5.01 Å². The topological polar surface area (TPSA) is 81.7 Å². The van der Waals surface area contributed by atoms with Crippen LogP contribution < -0.4 is 5.32 Å². The van der Waals surface area contributed by atoms with Gasteiger partial charge in [0, 0.05) is 45.0 Å². The van der Waals surface area contributed by atoms with Gasteiger partial charge in [-0.05, 0) is 38.1 Å². The van der Waals surface area contributed by atoms with Crippen molar-refractivity contribution < 1.29 is 14.0 Å². The normalized spacial score (nSPS) is 14.7. The molecule has 0 spiro atoms. The summed E-state index contributed by atoms with van der Waals surface area (Å²) in [5.74, 6) is -0.727. The highest BCUT2D eigenvalue weighted by molar-refractivity contribution is 7.13. The van der Waals surface area contributed by atoms with Crippen molar-refractivity contribution in [2.24, 2.45) is 0 Å². The van der Waals surface area contributed by atoms with Gasteiger partial charge in [-0.2, -0.15) is 0 Å². The SMILES string of the molecule is CCN(CC)C(=O)N1CCN(Cc2nnc(C(=O)Nc3ccc(F)cc3)s2)CC1. The summed E-state index contributed by atoms with van der Waals surface area (Å²) in [7, 11) is 0. The first-order valence-corrected chi connectivity index (χ1v) is 10.5. The molecule has 2 heterocycles. The monoisotopic (exact) mass is 420 g/mol. The van der Waals surface area contributed by atoms with E-state index in [1.807, 2.05) is 23.6 Å². The minimum absolute atomic E-state index is 0.0883. The molecule has 0 saturated carbocycles. The maximum Gasteiger partial charge on any atom is 0.320 e. The molecule has 1 aliphatic rings.